The number of hydrogen-bond acceptors (Lipinski definition) is 3. The Morgan fingerprint density at radius 1 is 1.39 bits per heavy atom. The maximum absolute atomic E-state index is 11.5. The molecule has 1 aliphatic rings. The van der Waals surface area contributed by atoms with Gasteiger partial charge in [0.05, 0.1) is 0 Å². The second-order valence-electron chi connectivity index (χ2n) is 4.65. The van der Waals surface area contributed by atoms with Gasteiger partial charge in [-0.1, -0.05) is 26.2 Å². The molecule has 0 aromatic carbocycles. The van der Waals surface area contributed by atoms with E-state index in [-0.39, 0.29) is 5.91 Å². The van der Waals surface area contributed by atoms with Crippen molar-refractivity contribution >= 4 is 23.6 Å². The van der Waals surface area contributed by atoms with Crippen LogP contribution in [0.25, 0.3) is 0 Å². The summed E-state index contributed by atoms with van der Waals surface area (Å²) in [4.78, 5) is 24.0. The average molecular weight is 273 g/mol. The normalized spacial score (nSPS) is 19.5. The van der Waals surface area contributed by atoms with Gasteiger partial charge >= 0.3 is 5.97 Å². The molecule has 0 aromatic rings. The molecule has 4 nitrogen and oxygen atoms in total. The van der Waals surface area contributed by atoms with Crippen molar-refractivity contribution in [2.45, 2.75) is 51.5 Å². The monoisotopic (exact) mass is 273 g/mol. The molecule has 5 heteroatoms. The van der Waals surface area contributed by atoms with Gasteiger partial charge < -0.3 is 10.0 Å². The summed E-state index contributed by atoms with van der Waals surface area (Å²) >= 11 is 1.82. The topological polar surface area (TPSA) is 57.6 Å². The minimum absolute atomic E-state index is 0.00557. The molecule has 1 rings (SSSR count). The lowest BCUT2D eigenvalue weighted by Gasteiger charge is -2.21. The summed E-state index contributed by atoms with van der Waals surface area (Å²) < 4.78 is 0. The number of likely N-dealkylation sites (tertiary alicyclic amines) is 1. The van der Waals surface area contributed by atoms with Gasteiger partial charge in [-0.3, -0.25) is 4.79 Å². The maximum atomic E-state index is 11.5. The average Bonchev–Trinajstić information content (AvgIpc) is 2.70. The second kappa shape index (κ2) is 8.40. The first kappa shape index (κ1) is 15.3. The number of unbranched alkanes of at least 4 members (excludes halogenated alkanes) is 3. The smallest absolute Gasteiger partial charge is 0.326 e. The minimum Gasteiger partial charge on any atom is -0.480 e. The molecule has 1 fully saturated rings. The lowest BCUT2D eigenvalue weighted by molar-refractivity contribution is -0.146. The van der Waals surface area contributed by atoms with E-state index in [0.717, 1.165) is 11.5 Å². The first-order valence-electron chi connectivity index (χ1n) is 6.76. The first-order valence-corrected chi connectivity index (χ1v) is 7.92. The number of amides is 1. The van der Waals surface area contributed by atoms with Crippen LogP contribution in [0.1, 0.15) is 45.4 Å². The van der Waals surface area contributed by atoms with Gasteiger partial charge in [0.15, 0.2) is 0 Å². The van der Waals surface area contributed by atoms with Gasteiger partial charge in [-0.25, -0.2) is 4.79 Å². The van der Waals surface area contributed by atoms with Crippen LogP contribution in [-0.4, -0.2) is 46.0 Å². The molecule has 0 saturated carbocycles. The molecule has 1 atom stereocenters. The third-order valence-corrected chi connectivity index (χ3v) is 4.28. The Bertz CT molecular complexity index is 283. The van der Waals surface area contributed by atoms with Crippen LogP contribution in [0.15, 0.2) is 0 Å². The predicted molar refractivity (Wildman–Crippen MR) is 73.8 cm³/mol. The highest BCUT2D eigenvalue weighted by atomic mass is 32.2. The molecule has 0 bridgehead atoms. The van der Waals surface area contributed by atoms with Crippen LogP contribution in [0.5, 0.6) is 0 Å². The molecule has 104 valence electrons. The van der Waals surface area contributed by atoms with Crippen molar-refractivity contribution in [1.29, 1.82) is 0 Å². The number of thioether (sulfide) groups is 1. The van der Waals surface area contributed by atoms with Crippen LogP contribution in [0, 0.1) is 0 Å². The molecular formula is C13H23NO3S. The summed E-state index contributed by atoms with van der Waals surface area (Å²) in [6, 6.07) is -0.585. The van der Waals surface area contributed by atoms with Crippen molar-refractivity contribution < 1.29 is 14.7 Å². The van der Waals surface area contributed by atoms with E-state index in [2.05, 4.69) is 6.92 Å². The molecule has 1 saturated heterocycles. The van der Waals surface area contributed by atoms with Crippen LogP contribution in [-0.2, 0) is 9.59 Å². The van der Waals surface area contributed by atoms with Crippen molar-refractivity contribution in [3.63, 3.8) is 0 Å². The molecule has 1 heterocycles. The highest BCUT2D eigenvalue weighted by Crippen LogP contribution is 2.19. The molecule has 0 aromatic heterocycles. The largest absolute Gasteiger partial charge is 0.480 e. The lowest BCUT2D eigenvalue weighted by Crippen LogP contribution is -2.39. The number of hydrogen-bond donors (Lipinski definition) is 1. The summed E-state index contributed by atoms with van der Waals surface area (Å²) in [5.41, 5.74) is 0. The third kappa shape index (κ3) is 4.88. The Balaban J connectivity index is 2.13. The molecule has 0 radical (unpaired) electrons. The van der Waals surface area contributed by atoms with Crippen LogP contribution in [0.2, 0.25) is 0 Å². The Hall–Kier alpha value is -0.710. The Morgan fingerprint density at radius 3 is 2.83 bits per heavy atom. The number of nitrogens with zero attached hydrogens (tertiary/aromatic N) is 1. The van der Waals surface area contributed by atoms with E-state index < -0.39 is 12.0 Å². The van der Waals surface area contributed by atoms with E-state index >= 15 is 0 Å². The van der Waals surface area contributed by atoms with Gasteiger partial charge in [-0.2, -0.15) is 11.8 Å². The van der Waals surface area contributed by atoms with Gasteiger partial charge in [-0.05, 0) is 18.6 Å². The number of aliphatic carboxylic acids is 1. The second-order valence-corrected chi connectivity index (χ2v) is 5.88. The highest BCUT2D eigenvalue weighted by Gasteiger charge is 2.35. The maximum Gasteiger partial charge on any atom is 0.326 e. The Morgan fingerprint density at radius 2 is 2.17 bits per heavy atom. The van der Waals surface area contributed by atoms with Crippen LogP contribution in [0.4, 0.5) is 0 Å². The van der Waals surface area contributed by atoms with Crippen molar-refractivity contribution in [2.24, 2.45) is 0 Å². The lowest BCUT2D eigenvalue weighted by atomic mass is 10.2. The molecule has 1 N–H and O–H groups in total. The van der Waals surface area contributed by atoms with Gasteiger partial charge in [0.2, 0.25) is 5.91 Å². The zero-order chi connectivity index (χ0) is 13.4. The summed E-state index contributed by atoms with van der Waals surface area (Å²) in [5, 5.41) is 9.00. The van der Waals surface area contributed by atoms with Gasteiger partial charge in [0, 0.05) is 18.7 Å². The van der Waals surface area contributed by atoms with Crippen LogP contribution >= 0.6 is 11.8 Å². The predicted octanol–water partition coefficient (Wildman–Crippen LogP) is 2.38. The Kier molecular flexibility index (Phi) is 7.16. The minimum atomic E-state index is -0.867. The zero-order valence-corrected chi connectivity index (χ0v) is 11.9. The van der Waals surface area contributed by atoms with Crippen molar-refractivity contribution in [3.05, 3.63) is 0 Å². The molecule has 0 spiro atoms. The third-order valence-electron chi connectivity index (χ3n) is 3.23. The number of carboxylic acid groups (broad SMARTS) is 1. The number of carbonyl (C=O) groups excluding carboxylic acids is 1. The SMILES string of the molecule is CCCCCCSCCN1C(=O)CCC1C(=O)O. The zero-order valence-electron chi connectivity index (χ0n) is 11.1. The summed E-state index contributed by atoms with van der Waals surface area (Å²) in [5.74, 6) is 1.09. The summed E-state index contributed by atoms with van der Waals surface area (Å²) in [6.45, 7) is 2.77. The quantitative estimate of drug-likeness (QED) is 0.655. The van der Waals surface area contributed by atoms with Crippen molar-refractivity contribution in [1.82, 2.24) is 4.90 Å². The fourth-order valence-corrected chi connectivity index (χ4v) is 3.10. The molecule has 1 unspecified atom stereocenters. The van der Waals surface area contributed by atoms with Gasteiger partial charge in [0.25, 0.3) is 0 Å². The fourth-order valence-electron chi connectivity index (χ4n) is 2.17. The number of carboxylic acids is 1. The number of rotatable bonds is 9. The van der Waals surface area contributed by atoms with Crippen molar-refractivity contribution in [3.8, 4) is 0 Å². The number of carbonyl (C=O) groups is 2. The van der Waals surface area contributed by atoms with E-state index in [9.17, 15) is 9.59 Å². The summed E-state index contributed by atoms with van der Waals surface area (Å²) in [7, 11) is 0. The van der Waals surface area contributed by atoms with E-state index in [1.54, 1.807) is 0 Å². The van der Waals surface area contributed by atoms with E-state index in [4.69, 9.17) is 5.11 Å². The fraction of sp³-hybridized carbons (Fsp3) is 0.846. The molecule has 0 aliphatic carbocycles. The summed E-state index contributed by atoms with van der Waals surface area (Å²) in [6.07, 6.45) is 5.87. The first-order chi connectivity index (χ1) is 8.66. The molecule has 1 aliphatic heterocycles. The van der Waals surface area contributed by atoms with Crippen LogP contribution in [0.3, 0.4) is 0 Å². The Labute approximate surface area is 113 Å². The molecular weight excluding hydrogens is 250 g/mol. The van der Waals surface area contributed by atoms with Crippen molar-refractivity contribution in [2.75, 3.05) is 18.1 Å². The standard InChI is InChI=1S/C13H23NO3S/c1-2-3-4-5-9-18-10-8-14-11(13(16)17)6-7-12(14)15/h11H,2-10H2,1H3,(H,16,17). The van der Waals surface area contributed by atoms with Gasteiger partial charge in [-0.15, -0.1) is 0 Å². The molecule has 18 heavy (non-hydrogen) atoms. The van der Waals surface area contributed by atoms with E-state index in [1.807, 2.05) is 11.8 Å². The highest BCUT2D eigenvalue weighted by molar-refractivity contribution is 7.99. The van der Waals surface area contributed by atoms with E-state index in [0.29, 0.717) is 19.4 Å². The van der Waals surface area contributed by atoms with Gasteiger partial charge in [0.1, 0.15) is 6.04 Å². The molecule has 1 amide bonds. The van der Waals surface area contributed by atoms with E-state index in [1.165, 1.54) is 30.6 Å². The van der Waals surface area contributed by atoms with Crippen LogP contribution < -0.4 is 0 Å².